The third-order valence-electron chi connectivity index (χ3n) is 3.39. The highest BCUT2D eigenvalue weighted by molar-refractivity contribution is 5.94. The summed E-state index contributed by atoms with van der Waals surface area (Å²) in [5, 5.41) is 2.87. The van der Waals surface area contributed by atoms with Gasteiger partial charge in [-0.1, -0.05) is 0 Å². The maximum Gasteiger partial charge on any atom is 0.270 e. The van der Waals surface area contributed by atoms with Crippen molar-refractivity contribution in [3.63, 3.8) is 0 Å². The topological polar surface area (TPSA) is 59.5 Å². The summed E-state index contributed by atoms with van der Waals surface area (Å²) in [5.74, 6) is 1.42. The van der Waals surface area contributed by atoms with Crippen LogP contribution < -0.4 is 5.32 Å². The van der Waals surface area contributed by atoms with Crippen molar-refractivity contribution in [3.05, 3.63) is 58.9 Å². The SMILES string of the molecule is Cc1ccn2c(C(=O)NCc3ccc(C)o3)c(C)nc2c1. The number of hydrogen-bond donors (Lipinski definition) is 1. The van der Waals surface area contributed by atoms with Crippen molar-refractivity contribution in [3.8, 4) is 0 Å². The van der Waals surface area contributed by atoms with Crippen LogP contribution in [0, 0.1) is 20.8 Å². The quantitative estimate of drug-likeness (QED) is 0.804. The first kappa shape index (κ1) is 13.4. The van der Waals surface area contributed by atoms with Gasteiger partial charge in [0.05, 0.1) is 12.2 Å². The molecule has 3 rings (SSSR count). The van der Waals surface area contributed by atoms with E-state index in [2.05, 4.69) is 10.3 Å². The standard InChI is InChI=1S/C16H17N3O2/c1-10-6-7-19-14(8-10)18-12(3)15(19)16(20)17-9-13-5-4-11(2)21-13/h4-8H,9H2,1-3H3,(H,17,20). The normalized spacial score (nSPS) is 11.0. The molecule has 0 aliphatic rings. The second kappa shape index (κ2) is 5.09. The van der Waals surface area contributed by atoms with E-state index in [1.807, 2.05) is 55.6 Å². The molecular formula is C16H17N3O2. The molecule has 0 aliphatic heterocycles. The number of nitrogens with one attached hydrogen (secondary N) is 1. The van der Waals surface area contributed by atoms with Gasteiger partial charge >= 0.3 is 0 Å². The fourth-order valence-corrected chi connectivity index (χ4v) is 2.37. The van der Waals surface area contributed by atoms with Gasteiger partial charge in [0.15, 0.2) is 0 Å². The molecule has 3 heterocycles. The molecule has 0 radical (unpaired) electrons. The lowest BCUT2D eigenvalue weighted by Crippen LogP contribution is -2.24. The number of amides is 1. The van der Waals surface area contributed by atoms with Crippen molar-refractivity contribution in [1.82, 2.24) is 14.7 Å². The van der Waals surface area contributed by atoms with Crippen LogP contribution in [0.1, 0.15) is 33.3 Å². The first-order chi connectivity index (χ1) is 10.0. The summed E-state index contributed by atoms with van der Waals surface area (Å²) in [5.41, 5.74) is 3.18. The van der Waals surface area contributed by atoms with E-state index in [1.165, 1.54) is 0 Å². The molecule has 0 bridgehead atoms. The van der Waals surface area contributed by atoms with E-state index in [-0.39, 0.29) is 5.91 Å². The van der Waals surface area contributed by atoms with Gasteiger partial charge in [-0.25, -0.2) is 4.98 Å². The molecule has 0 saturated heterocycles. The minimum absolute atomic E-state index is 0.155. The van der Waals surface area contributed by atoms with E-state index in [0.717, 1.165) is 22.7 Å². The average molecular weight is 283 g/mol. The Bertz CT molecular complexity index is 814. The molecule has 0 unspecified atom stereocenters. The number of imidazole rings is 1. The predicted octanol–water partition coefficient (Wildman–Crippen LogP) is 2.78. The minimum atomic E-state index is -0.155. The van der Waals surface area contributed by atoms with E-state index in [0.29, 0.717) is 17.9 Å². The molecule has 3 aromatic heterocycles. The van der Waals surface area contributed by atoms with Crippen molar-refractivity contribution in [2.45, 2.75) is 27.3 Å². The number of hydrogen-bond acceptors (Lipinski definition) is 3. The summed E-state index contributed by atoms with van der Waals surface area (Å²) in [6, 6.07) is 7.66. The van der Waals surface area contributed by atoms with E-state index >= 15 is 0 Å². The molecule has 5 heteroatoms. The number of nitrogens with zero attached hydrogens (tertiary/aromatic N) is 2. The lowest BCUT2D eigenvalue weighted by Gasteiger charge is -2.05. The molecular weight excluding hydrogens is 266 g/mol. The molecule has 0 aromatic carbocycles. The zero-order chi connectivity index (χ0) is 15.0. The fraction of sp³-hybridized carbons (Fsp3) is 0.250. The van der Waals surface area contributed by atoms with E-state index in [1.54, 1.807) is 0 Å². The van der Waals surface area contributed by atoms with Gasteiger partial charge in [-0.05, 0) is 50.6 Å². The number of rotatable bonds is 3. The van der Waals surface area contributed by atoms with Crippen LogP contribution in [0.4, 0.5) is 0 Å². The summed E-state index contributed by atoms with van der Waals surface area (Å²) in [4.78, 5) is 16.8. The van der Waals surface area contributed by atoms with Crippen molar-refractivity contribution < 1.29 is 9.21 Å². The summed E-state index contributed by atoms with van der Waals surface area (Å²) in [6.45, 7) is 6.09. The minimum Gasteiger partial charge on any atom is -0.465 e. The highest BCUT2D eigenvalue weighted by Gasteiger charge is 2.16. The molecule has 0 saturated carbocycles. The van der Waals surface area contributed by atoms with Gasteiger partial charge in [0.1, 0.15) is 22.9 Å². The van der Waals surface area contributed by atoms with Crippen molar-refractivity contribution >= 4 is 11.6 Å². The molecule has 0 aliphatic carbocycles. The van der Waals surface area contributed by atoms with Gasteiger partial charge in [-0.15, -0.1) is 0 Å². The highest BCUT2D eigenvalue weighted by Crippen LogP contribution is 2.14. The van der Waals surface area contributed by atoms with Crippen LogP contribution in [0.3, 0.4) is 0 Å². The molecule has 1 N–H and O–H groups in total. The average Bonchev–Trinajstić information content (AvgIpc) is 2.98. The van der Waals surface area contributed by atoms with Crippen LogP contribution in [0.25, 0.3) is 5.65 Å². The van der Waals surface area contributed by atoms with Gasteiger partial charge in [0, 0.05) is 6.20 Å². The number of carbonyl (C=O) groups excluding carboxylic acids is 1. The zero-order valence-corrected chi connectivity index (χ0v) is 12.3. The number of furan rings is 1. The fourth-order valence-electron chi connectivity index (χ4n) is 2.37. The first-order valence-corrected chi connectivity index (χ1v) is 6.83. The molecule has 0 spiro atoms. The lowest BCUT2D eigenvalue weighted by atomic mass is 10.3. The van der Waals surface area contributed by atoms with E-state index in [4.69, 9.17) is 4.42 Å². The monoisotopic (exact) mass is 283 g/mol. The molecule has 5 nitrogen and oxygen atoms in total. The van der Waals surface area contributed by atoms with Crippen LogP contribution in [0.15, 0.2) is 34.9 Å². The predicted molar refractivity (Wildman–Crippen MR) is 79.3 cm³/mol. The molecule has 0 fully saturated rings. The first-order valence-electron chi connectivity index (χ1n) is 6.83. The molecule has 0 atom stereocenters. The zero-order valence-electron chi connectivity index (χ0n) is 12.3. The number of carbonyl (C=O) groups is 1. The van der Waals surface area contributed by atoms with Crippen molar-refractivity contribution in [1.29, 1.82) is 0 Å². The van der Waals surface area contributed by atoms with Crippen LogP contribution >= 0.6 is 0 Å². The molecule has 21 heavy (non-hydrogen) atoms. The molecule has 108 valence electrons. The summed E-state index contributed by atoms with van der Waals surface area (Å²) in [7, 11) is 0. The van der Waals surface area contributed by atoms with Gasteiger partial charge in [0.2, 0.25) is 0 Å². The Morgan fingerprint density at radius 2 is 2.10 bits per heavy atom. The van der Waals surface area contributed by atoms with E-state index < -0.39 is 0 Å². The Morgan fingerprint density at radius 3 is 2.81 bits per heavy atom. The van der Waals surface area contributed by atoms with Crippen LogP contribution in [0.5, 0.6) is 0 Å². The number of aromatic nitrogens is 2. The van der Waals surface area contributed by atoms with Gasteiger partial charge in [0.25, 0.3) is 5.91 Å². The largest absolute Gasteiger partial charge is 0.465 e. The van der Waals surface area contributed by atoms with Crippen LogP contribution in [-0.2, 0) is 6.54 Å². The Labute approximate surface area is 122 Å². The third kappa shape index (κ3) is 2.54. The lowest BCUT2D eigenvalue weighted by molar-refractivity contribution is 0.0941. The maximum atomic E-state index is 12.4. The molecule has 1 amide bonds. The number of fused-ring (bicyclic) bond motifs is 1. The Kier molecular flexibility index (Phi) is 3.25. The van der Waals surface area contributed by atoms with E-state index in [9.17, 15) is 4.79 Å². The molecule has 3 aromatic rings. The Hall–Kier alpha value is -2.56. The maximum absolute atomic E-state index is 12.4. The van der Waals surface area contributed by atoms with Crippen molar-refractivity contribution in [2.75, 3.05) is 0 Å². The third-order valence-corrected chi connectivity index (χ3v) is 3.39. The summed E-state index contributed by atoms with van der Waals surface area (Å²) in [6.07, 6.45) is 1.87. The second-order valence-electron chi connectivity index (χ2n) is 5.17. The summed E-state index contributed by atoms with van der Waals surface area (Å²) < 4.78 is 7.26. The smallest absolute Gasteiger partial charge is 0.270 e. The summed E-state index contributed by atoms with van der Waals surface area (Å²) >= 11 is 0. The second-order valence-corrected chi connectivity index (χ2v) is 5.17. The van der Waals surface area contributed by atoms with Gasteiger partial charge in [-0.3, -0.25) is 9.20 Å². The Balaban J connectivity index is 1.85. The highest BCUT2D eigenvalue weighted by atomic mass is 16.3. The van der Waals surface area contributed by atoms with Crippen molar-refractivity contribution in [2.24, 2.45) is 0 Å². The number of pyridine rings is 1. The van der Waals surface area contributed by atoms with Gasteiger partial charge in [-0.2, -0.15) is 0 Å². The van der Waals surface area contributed by atoms with Crippen LogP contribution in [0.2, 0.25) is 0 Å². The van der Waals surface area contributed by atoms with Crippen LogP contribution in [-0.4, -0.2) is 15.3 Å². The van der Waals surface area contributed by atoms with Gasteiger partial charge < -0.3 is 9.73 Å². The Morgan fingerprint density at radius 1 is 1.29 bits per heavy atom. The number of aryl methyl sites for hydroxylation is 3.